The first kappa shape index (κ1) is 16.3. The highest BCUT2D eigenvalue weighted by Crippen LogP contribution is 2.36. The fourth-order valence-corrected chi connectivity index (χ4v) is 3.23. The molecule has 118 valence electrons. The molecule has 2 rings (SSSR count). The molecule has 5 heteroatoms. The molecule has 1 fully saturated rings. The third-order valence-corrected chi connectivity index (χ3v) is 4.19. The van der Waals surface area contributed by atoms with Crippen LogP contribution in [0.5, 0.6) is 0 Å². The zero-order valence-electron chi connectivity index (χ0n) is 12.5. The number of benzene rings is 1. The SMILES string of the molecule is Cc1cccc(C(C(C)N)N2CCCC(C(F)(F)F)C2)c1. The van der Waals surface area contributed by atoms with Gasteiger partial charge < -0.3 is 5.73 Å². The summed E-state index contributed by atoms with van der Waals surface area (Å²) in [6.07, 6.45) is -3.33. The molecule has 1 aromatic carbocycles. The van der Waals surface area contributed by atoms with Gasteiger partial charge in [-0.25, -0.2) is 0 Å². The lowest BCUT2D eigenvalue weighted by atomic mass is 9.91. The molecule has 0 aliphatic carbocycles. The van der Waals surface area contributed by atoms with Gasteiger partial charge in [0.15, 0.2) is 0 Å². The first-order chi connectivity index (χ1) is 9.79. The largest absolute Gasteiger partial charge is 0.393 e. The monoisotopic (exact) mass is 300 g/mol. The van der Waals surface area contributed by atoms with E-state index in [-0.39, 0.29) is 25.0 Å². The van der Waals surface area contributed by atoms with Crippen molar-refractivity contribution < 1.29 is 13.2 Å². The van der Waals surface area contributed by atoms with Crippen molar-refractivity contribution >= 4 is 0 Å². The Morgan fingerprint density at radius 3 is 2.62 bits per heavy atom. The molecule has 1 aromatic rings. The number of nitrogens with two attached hydrogens (primary N) is 1. The van der Waals surface area contributed by atoms with Crippen LogP contribution in [0.4, 0.5) is 13.2 Å². The van der Waals surface area contributed by atoms with Crippen LogP contribution in [-0.4, -0.2) is 30.2 Å². The normalized spacial score (nSPS) is 23.8. The van der Waals surface area contributed by atoms with Gasteiger partial charge >= 0.3 is 6.18 Å². The van der Waals surface area contributed by atoms with Crippen LogP contribution in [0, 0.1) is 12.8 Å². The minimum Gasteiger partial charge on any atom is -0.326 e. The predicted octanol–water partition coefficient (Wildman–Crippen LogP) is 3.66. The summed E-state index contributed by atoms with van der Waals surface area (Å²) in [4.78, 5) is 1.90. The van der Waals surface area contributed by atoms with Gasteiger partial charge in [-0.15, -0.1) is 0 Å². The van der Waals surface area contributed by atoms with Crippen LogP contribution in [0.1, 0.15) is 36.9 Å². The molecule has 0 aromatic heterocycles. The zero-order valence-corrected chi connectivity index (χ0v) is 12.5. The van der Waals surface area contributed by atoms with E-state index < -0.39 is 12.1 Å². The van der Waals surface area contributed by atoms with E-state index in [2.05, 4.69) is 0 Å². The fraction of sp³-hybridized carbons (Fsp3) is 0.625. The van der Waals surface area contributed by atoms with Crippen LogP contribution in [0.15, 0.2) is 24.3 Å². The van der Waals surface area contributed by atoms with Crippen molar-refractivity contribution in [2.24, 2.45) is 11.7 Å². The van der Waals surface area contributed by atoms with E-state index in [1.807, 2.05) is 43.0 Å². The maximum absolute atomic E-state index is 13.0. The van der Waals surface area contributed by atoms with Gasteiger partial charge in [0.2, 0.25) is 0 Å². The van der Waals surface area contributed by atoms with E-state index in [1.165, 1.54) is 0 Å². The molecule has 3 atom stereocenters. The average molecular weight is 300 g/mol. The van der Waals surface area contributed by atoms with Crippen LogP contribution in [0.25, 0.3) is 0 Å². The third-order valence-electron chi connectivity index (χ3n) is 4.19. The van der Waals surface area contributed by atoms with Crippen LogP contribution in [0.2, 0.25) is 0 Å². The summed E-state index contributed by atoms with van der Waals surface area (Å²) in [5.41, 5.74) is 8.19. The molecular weight excluding hydrogens is 277 g/mol. The van der Waals surface area contributed by atoms with Crippen LogP contribution < -0.4 is 5.73 Å². The Labute approximate surface area is 124 Å². The number of rotatable bonds is 3. The maximum Gasteiger partial charge on any atom is 0.393 e. The van der Waals surface area contributed by atoms with Gasteiger partial charge in [0.1, 0.15) is 0 Å². The number of hydrogen-bond donors (Lipinski definition) is 1. The Balaban J connectivity index is 2.22. The highest BCUT2D eigenvalue weighted by Gasteiger charge is 2.43. The lowest BCUT2D eigenvalue weighted by Gasteiger charge is -2.40. The van der Waals surface area contributed by atoms with Gasteiger partial charge in [-0.1, -0.05) is 29.8 Å². The molecule has 0 bridgehead atoms. The summed E-state index contributed by atoms with van der Waals surface area (Å²) in [5, 5.41) is 0. The molecule has 0 spiro atoms. The van der Waals surface area contributed by atoms with Crippen LogP contribution in [0.3, 0.4) is 0 Å². The second-order valence-corrected chi connectivity index (χ2v) is 6.09. The first-order valence-electron chi connectivity index (χ1n) is 7.42. The van der Waals surface area contributed by atoms with Crippen molar-refractivity contribution in [2.75, 3.05) is 13.1 Å². The van der Waals surface area contributed by atoms with E-state index >= 15 is 0 Å². The lowest BCUT2D eigenvalue weighted by molar-refractivity contribution is -0.189. The van der Waals surface area contributed by atoms with Gasteiger partial charge in [0.25, 0.3) is 0 Å². The van der Waals surface area contributed by atoms with Gasteiger partial charge in [-0.05, 0) is 38.8 Å². The smallest absolute Gasteiger partial charge is 0.326 e. The topological polar surface area (TPSA) is 29.3 Å². The zero-order chi connectivity index (χ0) is 15.6. The highest BCUT2D eigenvalue weighted by atomic mass is 19.4. The molecular formula is C16H23F3N2. The minimum atomic E-state index is -4.12. The number of likely N-dealkylation sites (tertiary alicyclic amines) is 1. The number of halogens is 3. The number of aryl methyl sites for hydroxylation is 1. The van der Waals surface area contributed by atoms with Crippen molar-refractivity contribution in [2.45, 2.75) is 44.9 Å². The average Bonchev–Trinajstić information content (AvgIpc) is 2.38. The molecule has 1 saturated heterocycles. The number of alkyl halides is 3. The van der Waals surface area contributed by atoms with E-state index in [0.29, 0.717) is 13.0 Å². The number of piperidine rings is 1. The van der Waals surface area contributed by atoms with E-state index in [1.54, 1.807) is 0 Å². The predicted molar refractivity (Wildman–Crippen MR) is 77.9 cm³/mol. The highest BCUT2D eigenvalue weighted by molar-refractivity contribution is 5.26. The van der Waals surface area contributed by atoms with Crippen molar-refractivity contribution in [1.82, 2.24) is 4.90 Å². The molecule has 0 amide bonds. The maximum atomic E-state index is 13.0. The van der Waals surface area contributed by atoms with E-state index in [4.69, 9.17) is 5.73 Å². The van der Waals surface area contributed by atoms with Crippen molar-refractivity contribution in [3.05, 3.63) is 35.4 Å². The number of nitrogens with zero attached hydrogens (tertiary/aromatic N) is 1. The van der Waals surface area contributed by atoms with Crippen molar-refractivity contribution in [1.29, 1.82) is 0 Å². The molecule has 0 radical (unpaired) electrons. The Morgan fingerprint density at radius 1 is 1.33 bits per heavy atom. The summed E-state index contributed by atoms with van der Waals surface area (Å²) >= 11 is 0. The van der Waals surface area contributed by atoms with Crippen LogP contribution >= 0.6 is 0 Å². The van der Waals surface area contributed by atoms with E-state index in [9.17, 15) is 13.2 Å². The van der Waals surface area contributed by atoms with Gasteiger partial charge in [-0.2, -0.15) is 13.2 Å². The third kappa shape index (κ3) is 3.98. The molecule has 21 heavy (non-hydrogen) atoms. The minimum absolute atomic E-state index is 0.0453. The van der Waals surface area contributed by atoms with E-state index in [0.717, 1.165) is 11.1 Å². The lowest BCUT2D eigenvalue weighted by Crippen LogP contribution is -2.47. The summed E-state index contributed by atoms with van der Waals surface area (Å²) < 4.78 is 39.0. The standard InChI is InChI=1S/C16H23F3N2/c1-11-5-3-6-13(9-11)15(12(2)20)21-8-4-7-14(10-21)16(17,18)19/h3,5-6,9,12,14-15H,4,7-8,10,20H2,1-2H3. The van der Waals surface area contributed by atoms with Gasteiger partial charge in [0.05, 0.1) is 5.92 Å². The summed E-state index contributed by atoms with van der Waals surface area (Å²) in [5.74, 6) is -1.24. The molecule has 1 heterocycles. The summed E-state index contributed by atoms with van der Waals surface area (Å²) in [7, 11) is 0. The summed E-state index contributed by atoms with van der Waals surface area (Å²) in [6.45, 7) is 4.57. The van der Waals surface area contributed by atoms with Crippen LogP contribution in [-0.2, 0) is 0 Å². The molecule has 0 saturated carbocycles. The summed E-state index contributed by atoms with van der Waals surface area (Å²) in [6, 6.07) is 7.53. The second-order valence-electron chi connectivity index (χ2n) is 6.09. The Hall–Kier alpha value is -1.07. The Bertz CT molecular complexity index is 471. The molecule has 2 nitrogen and oxygen atoms in total. The van der Waals surface area contributed by atoms with Gasteiger partial charge in [0, 0.05) is 18.6 Å². The fourth-order valence-electron chi connectivity index (χ4n) is 3.23. The second kappa shape index (κ2) is 6.36. The molecule has 3 unspecified atom stereocenters. The number of hydrogen-bond acceptors (Lipinski definition) is 2. The van der Waals surface area contributed by atoms with Crippen molar-refractivity contribution in [3.63, 3.8) is 0 Å². The van der Waals surface area contributed by atoms with Gasteiger partial charge in [-0.3, -0.25) is 4.90 Å². The van der Waals surface area contributed by atoms with Crippen molar-refractivity contribution in [3.8, 4) is 0 Å². The molecule has 1 aliphatic rings. The Kier molecular flexibility index (Phi) is 4.94. The first-order valence-corrected chi connectivity index (χ1v) is 7.42. The quantitative estimate of drug-likeness (QED) is 0.923. The Morgan fingerprint density at radius 2 is 2.05 bits per heavy atom. The molecule has 1 aliphatic heterocycles. The molecule has 2 N–H and O–H groups in total.